The molecule has 0 amide bonds. The first-order chi connectivity index (χ1) is 9.19. The van der Waals surface area contributed by atoms with Gasteiger partial charge in [0, 0.05) is 19.5 Å². The van der Waals surface area contributed by atoms with Crippen LogP contribution in [0, 0.1) is 11.8 Å². The molecule has 2 heterocycles. The van der Waals surface area contributed by atoms with Crippen molar-refractivity contribution in [1.29, 1.82) is 0 Å². The van der Waals surface area contributed by atoms with Gasteiger partial charge < -0.3 is 15.2 Å². The van der Waals surface area contributed by atoms with Crippen LogP contribution in [0.2, 0.25) is 0 Å². The Kier molecular flexibility index (Phi) is 5.19. The molecule has 1 saturated heterocycles. The summed E-state index contributed by atoms with van der Waals surface area (Å²) in [6, 6.07) is 0. The lowest BCUT2D eigenvalue weighted by molar-refractivity contribution is 0.331. The minimum Gasteiger partial charge on any atom is -0.338 e. The van der Waals surface area contributed by atoms with Crippen LogP contribution in [-0.2, 0) is 6.42 Å². The van der Waals surface area contributed by atoms with Crippen LogP contribution in [0.5, 0.6) is 0 Å². The Morgan fingerprint density at radius 3 is 2.63 bits per heavy atom. The van der Waals surface area contributed by atoms with Crippen molar-refractivity contribution in [2.75, 3.05) is 24.5 Å². The quantitative estimate of drug-likeness (QED) is 0.855. The summed E-state index contributed by atoms with van der Waals surface area (Å²) in [5.74, 6) is 2.58. The van der Waals surface area contributed by atoms with Gasteiger partial charge in [0.25, 0.3) is 5.95 Å². The molecule has 5 heteroatoms. The Hall–Kier alpha value is -1.10. The maximum absolute atomic E-state index is 5.82. The SMILES string of the molecule is CC(C)CC(CN)Cc1nc(N2CCCCC2)no1. The molecule has 0 spiro atoms. The van der Waals surface area contributed by atoms with Crippen molar-refractivity contribution in [2.45, 2.75) is 46.0 Å². The van der Waals surface area contributed by atoms with Gasteiger partial charge in [0.05, 0.1) is 0 Å². The van der Waals surface area contributed by atoms with Crippen molar-refractivity contribution in [1.82, 2.24) is 10.1 Å². The van der Waals surface area contributed by atoms with Crippen molar-refractivity contribution in [3.63, 3.8) is 0 Å². The van der Waals surface area contributed by atoms with E-state index in [9.17, 15) is 0 Å². The number of hydrogen-bond donors (Lipinski definition) is 1. The highest BCUT2D eigenvalue weighted by Crippen LogP contribution is 2.19. The highest BCUT2D eigenvalue weighted by Gasteiger charge is 2.19. The normalized spacial score (nSPS) is 18.0. The molecule has 0 radical (unpaired) electrons. The highest BCUT2D eigenvalue weighted by atomic mass is 16.5. The van der Waals surface area contributed by atoms with Gasteiger partial charge in [-0.05, 0) is 49.2 Å². The maximum Gasteiger partial charge on any atom is 0.266 e. The van der Waals surface area contributed by atoms with Crippen LogP contribution < -0.4 is 10.6 Å². The minimum atomic E-state index is 0.439. The van der Waals surface area contributed by atoms with E-state index in [4.69, 9.17) is 10.3 Å². The molecule has 0 aliphatic carbocycles. The fourth-order valence-electron chi connectivity index (χ4n) is 2.73. The third-order valence-electron chi connectivity index (χ3n) is 3.70. The minimum absolute atomic E-state index is 0.439. The standard InChI is InChI=1S/C14H26N4O/c1-11(2)8-12(10-15)9-13-16-14(17-19-13)18-6-4-3-5-7-18/h11-12H,3-10,15H2,1-2H3. The number of nitrogens with zero attached hydrogens (tertiary/aromatic N) is 3. The lowest BCUT2D eigenvalue weighted by atomic mass is 9.94. The van der Waals surface area contributed by atoms with Crippen molar-refractivity contribution >= 4 is 5.95 Å². The molecular weight excluding hydrogens is 240 g/mol. The molecule has 1 fully saturated rings. The van der Waals surface area contributed by atoms with Crippen LogP contribution in [0.3, 0.4) is 0 Å². The Labute approximate surface area is 115 Å². The average Bonchev–Trinajstić information content (AvgIpc) is 2.87. The zero-order valence-electron chi connectivity index (χ0n) is 12.1. The lowest BCUT2D eigenvalue weighted by Gasteiger charge is -2.24. The molecule has 1 unspecified atom stereocenters. The van der Waals surface area contributed by atoms with Crippen molar-refractivity contribution in [3.8, 4) is 0 Å². The van der Waals surface area contributed by atoms with Crippen molar-refractivity contribution in [2.24, 2.45) is 17.6 Å². The zero-order valence-corrected chi connectivity index (χ0v) is 12.1. The number of nitrogens with two attached hydrogens (primary N) is 1. The summed E-state index contributed by atoms with van der Waals surface area (Å²) in [4.78, 5) is 6.74. The summed E-state index contributed by atoms with van der Waals surface area (Å²) < 4.78 is 5.37. The molecule has 5 nitrogen and oxygen atoms in total. The second kappa shape index (κ2) is 6.89. The van der Waals surface area contributed by atoms with Crippen molar-refractivity contribution < 1.29 is 4.52 Å². The molecule has 108 valence electrons. The molecule has 1 aromatic heterocycles. The van der Waals surface area contributed by atoms with Crippen LogP contribution >= 0.6 is 0 Å². The second-order valence-corrected chi connectivity index (χ2v) is 5.97. The van der Waals surface area contributed by atoms with Gasteiger partial charge in [-0.1, -0.05) is 13.8 Å². The van der Waals surface area contributed by atoms with E-state index in [1.807, 2.05) is 0 Å². The van der Waals surface area contributed by atoms with Crippen LogP contribution in [-0.4, -0.2) is 29.8 Å². The zero-order chi connectivity index (χ0) is 13.7. The first-order valence-corrected chi connectivity index (χ1v) is 7.46. The molecule has 1 aliphatic heterocycles. The van der Waals surface area contributed by atoms with Crippen LogP contribution in [0.1, 0.15) is 45.4 Å². The van der Waals surface area contributed by atoms with E-state index in [1.165, 1.54) is 19.3 Å². The number of hydrogen-bond acceptors (Lipinski definition) is 5. The van der Waals surface area contributed by atoms with Crippen LogP contribution in [0.15, 0.2) is 4.52 Å². The largest absolute Gasteiger partial charge is 0.338 e. The summed E-state index contributed by atoms with van der Waals surface area (Å²) >= 11 is 0. The number of aromatic nitrogens is 2. The monoisotopic (exact) mass is 266 g/mol. The molecular formula is C14H26N4O. The lowest BCUT2D eigenvalue weighted by Crippen LogP contribution is -2.30. The molecule has 19 heavy (non-hydrogen) atoms. The topological polar surface area (TPSA) is 68.2 Å². The van der Waals surface area contributed by atoms with E-state index in [0.29, 0.717) is 18.4 Å². The van der Waals surface area contributed by atoms with Gasteiger partial charge in [-0.2, -0.15) is 4.98 Å². The molecule has 0 aromatic carbocycles. The first kappa shape index (κ1) is 14.3. The molecule has 2 rings (SSSR count). The van der Waals surface area contributed by atoms with E-state index >= 15 is 0 Å². The summed E-state index contributed by atoms with van der Waals surface area (Å²) in [7, 11) is 0. The Morgan fingerprint density at radius 1 is 1.26 bits per heavy atom. The van der Waals surface area contributed by atoms with Gasteiger partial charge in [-0.3, -0.25) is 0 Å². The number of piperidine rings is 1. The number of rotatable bonds is 6. The summed E-state index contributed by atoms with van der Waals surface area (Å²) in [6.07, 6.45) is 5.67. The average molecular weight is 266 g/mol. The maximum atomic E-state index is 5.82. The van der Waals surface area contributed by atoms with E-state index in [0.717, 1.165) is 37.8 Å². The van der Waals surface area contributed by atoms with E-state index in [1.54, 1.807) is 0 Å². The van der Waals surface area contributed by atoms with Gasteiger partial charge in [0.1, 0.15) is 0 Å². The fraction of sp³-hybridized carbons (Fsp3) is 0.857. The van der Waals surface area contributed by atoms with E-state index in [2.05, 4.69) is 28.9 Å². The molecule has 0 bridgehead atoms. The molecule has 0 saturated carbocycles. The van der Waals surface area contributed by atoms with Gasteiger partial charge >= 0.3 is 0 Å². The van der Waals surface area contributed by atoms with Crippen molar-refractivity contribution in [3.05, 3.63) is 5.89 Å². The van der Waals surface area contributed by atoms with Gasteiger partial charge in [-0.15, -0.1) is 0 Å². The third-order valence-corrected chi connectivity index (χ3v) is 3.70. The summed E-state index contributed by atoms with van der Waals surface area (Å²) in [6.45, 7) is 7.21. The van der Waals surface area contributed by atoms with Crippen LogP contribution in [0.4, 0.5) is 5.95 Å². The first-order valence-electron chi connectivity index (χ1n) is 7.46. The third kappa shape index (κ3) is 4.20. The fourth-order valence-corrected chi connectivity index (χ4v) is 2.73. The van der Waals surface area contributed by atoms with Crippen LogP contribution in [0.25, 0.3) is 0 Å². The van der Waals surface area contributed by atoms with Gasteiger partial charge in [0.2, 0.25) is 5.89 Å². The highest BCUT2D eigenvalue weighted by molar-refractivity contribution is 5.27. The molecule has 1 atom stereocenters. The summed E-state index contributed by atoms with van der Waals surface area (Å²) in [5, 5.41) is 4.11. The summed E-state index contributed by atoms with van der Waals surface area (Å²) in [5.41, 5.74) is 5.82. The van der Waals surface area contributed by atoms with E-state index < -0.39 is 0 Å². The predicted molar refractivity (Wildman–Crippen MR) is 76.1 cm³/mol. The Morgan fingerprint density at radius 2 is 2.00 bits per heavy atom. The van der Waals surface area contributed by atoms with E-state index in [-0.39, 0.29) is 0 Å². The molecule has 2 N–H and O–H groups in total. The molecule has 1 aliphatic rings. The molecule has 1 aromatic rings. The second-order valence-electron chi connectivity index (χ2n) is 5.97. The predicted octanol–water partition coefficient (Wildman–Crippen LogP) is 2.22. The number of anilines is 1. The van der Waals surface area contributed by atoms with Gasteiger partial charge in [0.15, 0.2) is 0 Å². The Bertz CT molecular complexity index is 371. The smallest absolute Gasteiger partial charge is 0.266 e. The van der Waals surface area contributed by atoms with Gasteiger partial charge in [-0.25, -0.2) is 0 Å². The Balaban J connectivity index is 1.92.